The minimum absolute atomic E-state index is 0.704. The lowest BCUT2D eigenvalue weighted by Gasteiger charge is -2.22. The fourth-order valence-electron chi connectivity index (χ4n) is 16.0. The molecule has 0 amide bonds. The van der Waals surface area contributed by atoms with Crippen LogP contribution in [0.1, 0.15) is 244 Å². The molecule has 4 aromatic heterocycles. The van der Waals surface area contributed by atoms with Gasteiger partial charge in [-0.15, -0.1) is 0 Å². The Morgan fingerprint density at radius 1 is 0.315 bits per heavy atom. The highest BCUT2D eigenvalue weighted by Gasteiger charge is 2.42. The van der Waals surface area contributed by atoms with Gasteiger partial charge in [0, 0.05) is 70.2 Å². The van der Waals surface area contributed by atoms with Gasteiger partial charge in [-0.25, -0.2) is 18.3 Å². The van der Waals surface area contributed by atoms with E-state index in [4.69, 9.17) is 0 Å². The molecule has 7 aliphatic rings. The lowest BCUT2D eigenvalue weighted by atomic mass is 9.83. The zero-order valence-electron chi connectivity index (χ0n) is 56.3. The lowest BCUT2D eigenvalue weighted by Crippen LogP contribution is -2.33. The van der Waals surface area contributed by atoms with Crippen LogP contribution in [0.5, 0.6) is 0 Å². The molecule has 89 heavy (non-hydrogen) atoms. The average Bonchev–Trinajstić information content (AvgIpc) is 3.16. The minimum Gasteiger partial charge on any atom is -0.204 e. The van der Waals surface area contributed by atoms with Crippen molar-refractivity contribution in [3.05, 3.63) is 215 Å². The van der Waals surface area contributed by atoms with Gasteiger partial charge in [-0.1, -0.05) is 190 Å². The van der Waals surface area contributed by atoms with Crippen molar-refractivity contribution in [2.24, 2.45) is 57.8 Å². The second-order valence-electron chi connectivity index (χ2n) is 29.9. The predicted octanol–water partition coefficient (Wildman–Crippen LogP) is 20.2. The third-order valence-electron chi connectivity index (χ3n) is 22.2. The van der Waals surface area contributed by atoms with Crippen molar-refractivity contribution in [2.75, 3.05) is 0 Å². The van der Waals surface area contributed by atoms with E-state index in [0.29, 0.717) is 5.92 Å². The molecule has 7 fully saturated rings. The second kappa shape index (κ2) is 28.3. The summed E-state index contributed by atoms with van der Waals surface area (Å²) in [7, 11) is 8.78. The van der Waals surface area contributed by atoms with Gasteiger partial charge in [0.25, 0.3) is 0 Å². The molecule has 0 N–H and O–H groups in total. The van der Waals surface area contributed by atoms with Crippen molar-refractivity contribution in [2.45, 2.75) is 205 Å². The van der Waals surface area contributed by atoms with E-state index < -0.39 is 0 Å². The van der Waals surface area contributed by atoms with E-state index in [9.17, 15) is 0 Å². The Labute approximate surface area is 537 Å². The zero-order chi connectivity index (χ0) is 61.7. The first-order chi connectivity index (χ1) is 43.2. The van der Waals surface area contributed by atoms with Gasteiger partial charge < -0.3 is 0 Å². The molecule has 15 rings (SSSR count). The number of nitrogens with zero attached hydrogens (tertiary/aromatic N) is 4. The molecule has 7 aliphatic carbocycles. The van der Waals surface area contributed by atoms with Crippen LogP contribution in [0.15, 0.2) is 170 Å². The third kappa shape index (κ3) is 15.8. The molecule has 8 atom stereocenters. The van der Waals surface area contributed by atoms with Crippen LogP contribution in [0.2, 0.25) is 0 Å². The van der Waals surface area contributed by atoms with E-state index in [1.54, 1.807) is 11.1 Å². The largest absolute Gasteiger partial charge is 0.204 e. The molecule has 7 saturated carbocycles. The van der Waals surface area contributed by atoms with Gasteiger partial charge in [0.1, 0.15) is 28.2 Å². The molecule has 4 heteroatoms. The molecule has 8 aromatic rings. The van der Waals surface area contributed by atoms with Crippen molar-refractivity contribution in [3.63, 3.8) is 0 Å². The average molecular weight is 1190 g/mol. The number of aryl methyl sites for hydroxylation is 4. The molecule has 0 spiro atoms. The molecule has 4 aromatic carbocycles. The predicted molar refractivity (Wildman–Crippen MR) is 370 cm³/mol. The Hall–Kier alpha value is -6.52. The summed E-state index contributed by atoms with van der Waals surface area (Å²) in [5.74, 6) is 9.64. The highest BCUT2D eigenvalue weighted by Crippen LogP contribution is 2.49. The summed E-state index contributed by atoms with van der Waals surface area (Å²) in [5.41, 5.74) is 22.8. The van der Waals surface area contributed by atoms with E-state index >= 15 is 0 Å². The number of benzene rings is 4. The number of pyridine rings is 4. The molecule has 0 aliphatic heterocycles. The fraction of sp³-hybridized carbons (Fsp3) is 0.482. The maximum atomic E-state index is 2.44. The highest BCUT2D eigenvalue weighted by molar-refractivity contribution is 5.65. The Kier molecular flexibility index (Phi) is 19.9. The highest BCUT2D eigenvalue weighted by atomic mass is 15.0. The standard InChI is InChI=1S/2C22H28N.C21H26N.C20H26N/c1-16-13-21(16)22-12-11-20(15-23(22)2)19-10-6-9-18(14-19)17-7-4-3-5-8-17;1-16-14-21(16)22-13-12-20(15-23(22)2)19-10-8-18(9-11-19)17-6-4-3-5-7-17;1-15-12-20(15)21-11-10-19(14-22(21)2)18-9-5-8-17(13-18)16-6-3-4-7-16;1-14(2)10-16-6-5-7-17(12-16)18-8-9-20(21(4)13-18)19-11-15(19)3/h6,9-12,14-17,21H,3-5,7-8,13H2,1-2H3;8-13,15-17,21H,3-7,14H2,1-2H3;5,8-11,13-16,20H,3-4,6-7,12H2,1-2H3;5-9,12-15,19H,10-11H2,1-4H3/q4*+1/t2*16-,21?;15-,20?;15-,19?/m1111/s1. The van der Waals surface area contributed by atoms with Crippen molar-refractivity contribution in [1.29, 1.82) is 0 Å². The van der Waals surface area contributed by atoms with Crippen LogP contribution in [0, 0.1) is 29.6 Å². The first-order valence-electron chi connectivity index (χ1n) is 35.6. The molecule has 4 nitrogen and oxygen atoms in total. The monoisotopic (exact) mass is 1180 g/mol. The van der Waals surface area contributed by atoms with Gasteiger partial charge in [0.2, 0.25) is 0 Å². The number of hydrogen-bond donors (Lipinski definition) is 0. The Bertz CT molecular complexity index is 3660. The summed E-state index contributed by atoms with van der Waals surface area (Å²) in [6.45, 7) is 13.9. The van der Waals surface area contributed by atoms with Crippen LogP contribution in [-0.2, 0) is 34.6 Å². The summed E-state index contributed by atoms with van der Waals surface area (Å²) >= 11 is 0. The maximum Gasteiger partial charge on any atom is 0.184 e. The molecule has 0 bridgehead atoms. The molecule has 0 radical (unpaired) electrons. The van der Waals surface area contributed by atoms with E-state index in [1.807, 2.05) is 0 Å². The zero-order valence-corrected chi connectivity index (χ0v) is 56.3. The third-order valence-corrected chi connectivity index (χ3v) is 22.2. The number of hydrogen-bond acceptors (Lipinski definition) is 0. The lowest BCUT2D eigenvalue weighted by molar-refractivity contribution is -0.679. The van der Waals surface area contributed by atoms with Crippen LogP contribution in [0.25, 0.3) is 44.5 Å². The van der Waals surface area contributed by atoms with Crippen LogP contribution >= 0.6 is 0 Å². The van der Waals surface area contributed by atoms with Gasteiger partial charge >= 0.3 is 0 Å². The summed E-state index contributed by atoms with van der Waals surface area (Å²) in [5, 5.41) is 0. The number of aromatic nitrogens is 4. The van der Waals surface area contributed by atoms with Gasteiger partial charge in [-0.3, -0.25) is 0 Å². The smallest absolute Gasteiger partial charge is 0.184 e. The van der Waals surface area contributed by atoms with E-state index in [1.165, 1.54) is 194 Å². The van der Waals surface area contributed by atoms with Gasteiger partial charge in [-0.2, -0.15) is 0 Å². The minimum atomic E-state index is 0.704. The summed E-state index contributed by atoms with van der Waals surface area (Å²) < 4.78 is 9.33. The van der Waals surface area contributed by atoms with E-state index in [-0.39, 0.29) is 0 Å². The molecule has 4 unspecified atom stereocenters. The van der Waals surface area contributed by atoms with Crippen LogP contribution in [0.3, 0.4) is 0 Å². The van der Waals surface area contributed by atoms with Gasteiger partial charge in [0.15, 0.2) is 47.6 Å². The van der Waals surface area contributed by atoms with Crippen LogP contribution < -0.4 is 18.3 Å². The molecular weight excluding hydrogens is 1080 g/mol. The Morgan fingerprint density at radius 2 is 0.607 bits per heavy atom. The Balaban J connectivity index is 0.000000115. The number of rotatable bonds is 13. The first-order valence-corrected chi connectivity index (χ1v) is 35.6. The van der Waals surface area contributed by atoms with Crippen LogP contribution in [-0.4, -0.2) is 0 Å². The fourth-order valence-corrected chi connectivity index (χ4v) is 16.0. The van der Waals surface area contributed by atoms with Gasteiger partial charge in [0.05, 0.1) is 0 Å². The summed E-state index contributed by atoms with van der Waals surface area (Å²) in [6.07, 6.45) is 35.3. The molecule has 4 heterocycles. The van der Waals surface area contributed by atoms with E-state index in [0.717, 1.165) is 71.5 Å². The Morgan fingerprint density at radius 3 is 0.933 bits per heavy atom. The van der Waals surface area contributed by atoms with Crippen molar-refractivity contribution in [1.82, 2.24) is 0 Å². The molecular formula is C85H108N4+4. The summed E-state index contributed by atoms with van der Waals surface area (Å²) in [4.78, 5) is 0. The normalized spacial score (nSPS) is 23.7. The molecule has 0 saturated heterocycles. The molecule has 464 valence electrons. The maximum absolute atomic E-state index is 2.44. The SMILES string of the molecule is CC(C)Cc1cccc(-c2ccc(C3C[C@H]3C)[n+](C)c2)c1.C[C@@H]1CC1c1ccc(-c2ccc(C3CCCCC3)cc2)c[n+]1C.C[C@@H]1CC1c1ccc(-c2cccc(C3CCCC3)c2)c[n+]1C.C[C@@H]1CC1c1ccc(-c2cccc(C3CCCCC3)c2)c[n+]1C. The van der Waals surface area contributed by atoms with Crippen LogP contribution in [0.4, 0.5) is 0 Å². The van der Waals surface area contributed by atoms with Crippen molar-refractivity contribution >= 4 is 0 Å². The topological polar surface area (TPSA) is 15.5 Å². The second-order valence-corrected chi connectivity index (χ2v) is 29.9. The van der Waals surface area contributed by atoms with Gasteiger partial charge in [-0.05, 0) is 187 Å². The first kappa shape index (κ1) is 62.7. The quantitative estimate of drug-likeness (QED) is 0.102. The summed E-state index contributed by atoms with van der Waals surface area (Å²) in [6, 6.07) is 55.4. The van der Waals surface area contributed by atoms with Crippen molar-refractivity contribution in [3.8, 4) is 44.5 Å². The van der Waals surface area contributed by atoms with Crippen molar-refractivity contribution < 1.29 is 18.3 Å². The van der Waals surface area contributed by atoms with E-state index in [2.05, 4.69) is 258 Å².